The van der Waals surface area contributed by atoms with Gasteiger partial charge in [-0.1, -0.05) is 34.1 Å². The molecule has 0 saturated carbocycles. The fraction of sp³-hybridized carbons (Fsp3) is 0.0909. The van der Waals surface area contributed by atoms with Crippen molar-refractivity contribution in [1.82, 2.24) is 9.38 Å². The van der Waals surface area contributed by atoms with Crippen molar-refractivity contribution in [3.8, 4) is 17.0 Å². The summed E-state index contributed by atoms with van der Waals surface area (Å²) in [5.41, 5.74) is 4.35. The number of phenolic OH excluding ortho intramolecular Hbond substituents is 1. The number of pyridine rings is 1. The summed E-state index contributed by atoms with van der Waals surface area (Å²) in [4.78, 5) is 11.5. The SMILES string of the molecule is CN(C)c1ccc(-c2nc3ccccn3c2N=Cc2cc(Br)ccc2O)cc1. The lowest BCUT2D eigenvalue weighted by Gasteiger charge is -2.12. The third-order valence-corrected chi connectivity index (χ3v) is 4.97. The molecule has 5 nitrogen and oxygen atoms in total. The molecule has 0 atom stereocenters. The predicted molar refractivity (Wildman–Crippen MR) is 118 cm³/mol. The maximum Gasteiger partial charge on any atom is 0.165 e. The molecule has 0 unspecified atom stereocenters. The van der Waals surface area contributed by atoms with Crippen molar-refractivity contribution in [2.24, 2.45) is 4.99 Å². The first kappa shape index (κ1) is 18.3. The van der Waals surface area contributed by atoms with E-state index in [1.807, 2.05) is 61.1 Å². The van der Waals surface area contributed by atoms with Crippen LogP contribution in [-0.4, -0.2) is 34.8 Å². The van der Waals surface area contributed by atoms with Gasteiger partial charge in [0.1, 0.15) is 17.1 Å². The van der Waals surface area contributed by atoms with E-state index in [1.54, 1.807) is 18.3 Å². The number of anilines is 1. The van der Waals surface area contributed by atoms with Gasteiger partial charge in [-0.2, -0.15) is 0 Å². The number of rotatable bonds is 4. The Hall–Kier alpha value is -3.12. The first-order chi connectivity index (χ1) is 13.5. The summed E-state index contributed by atoms with van der Waals surface area (Å²) in [6, 6.07) is 19.3. The molecule has 0 fully saturated rings. The van der Waals surface area contributed by atoms with Crippen molar-refractivity contribution in [3.63, 3.8) is 0 Å². The number of fused-ring (bicyclic) bond motifs is 1. The van der Waals surface area contributed by atoms with Crippen LogP contribution in [0.15, 0.2) is 76.3 Å². The van der Waals surface area contributed by atoms with Crippen LogP contribution in [0.2, 0.25) is 0 Å². The second-order valence-electron chi connectivity index (χ2n) is 6.62. The third-order valence-electron chi connectivity index (χ3n) is 4.48. The highest BCUT2D eigenvalue weighted by atomic mass is 79.9. The molecule has 28 heavy (non-hydrogen) atoms. The highest BCUT2D eigenvalue weighted by Crippen LogP contribution is 2.32. The van der Waals surface area contributed by atoms with Gasteiger partial charge in [0.05, 0.1) is 0 Å². The van der Waals surface area contributed by atoms with Crippen molar-refractivity contribution in [2.75, 3.05) is 19.0 Å². The smallest absolute Gasteiger partial charge is 0.165 e. The van der Waals surface area contributed by atoms with Crippen LogP contribution in [0.4, 0.5) is 11.5 Å². The number of nitrogens with zero attached hydrogens (tertiary/aromatic N) is 4. The number of aliphatic imine (C=N–C) groups is 1. The first-order valence-electron chi connectivity index (χ1n) is 8.80. The fourth-order valence-electron chi connectivity index (χ4n) is 2.98. The summed E-state index contributed by atoms with van der Waals surface area (Å²) in [5, 5.41) is 10.1. The van der Waals surface area contributed by atoms with Crippen molar-refractivity contribution in [1.29, 1.82) is 0 Å². The number of hydrogen-bond donors (Lipinski definition) is 1. The van der Waals surface area contributed by atoms with E-state index in [2.05, 4.69) is 38.0 Å². The molecule has 0 aliphatic rings. The zero-order valence-corrected chi connectivity index (χ0v) is 17.1. The monoisotopic (exact) mass is 434 g/mol. The molecular formula is C22H19BrN4O. The van der Waals surface area contributed by atoms with Gasteiger partial charge >= 0.3 is 0 Å². The largest absolute Gasteiger partial charge is 0.507 e. The van der Waals surface area contributed by atoms with Crippen molar-refractivity contribution >= 4 is 39.3 Å². The van der Waals surface area contributed by atoms with Gasteiger partial charge in [-0.3, -0.25) is 4.40 Å². The second kappa shape index (κ2) is 7.48. The van der Waals surface area contributed by atoms with Gasteiger partial charge in [-0.25, -0.2) is 9.98 Å². The van der Waals surface area contributed by atoms with Crippen LogP contribution < -0.4 is 4.90 Å². The zero-order chi connectivity index (χ0) is 19.7. The number of benzene rings is 2. The van der Waals surface area contributed by atoms with Gasteiger partial charge in [0.2, 0.25) is 0 Å². The normalized spacial score (nSPS) is 11.4. The number of aromatic hydroxyl groups is 1. The van der Waals surface area contributed by atoms with Crippen LogP contribution >= 0.6 is 15.9 Å². The Balaban J connectivity index is 1.83. The van der Waals surface area contributed by atoms with Crippen molar-refractivity contribution in [2.45, 2.75) is 0 Å². The topological polar surface area (TPSA) is 53.1 Å². The van der Waals surface area contributed by atoms with E-state index in [0.717, 1.165) is 27.1 Å². The van der Waals surface area contributed by atoms with Crippen LogP contribution in [-0.2, 0) is 0 Å². The molecule has 6 heteroatoms. The van der Waals surface area contributed by atoms with Crippen LogP contribution in [0.1, 0.15) is 5.56 Å². The summed E-state index contributed by atoms with van der Waals surface area (Å²) in [6.07, 6.45) is 3.60. The zero-order valence-electron chi connectivity index (χ0n) is 15.5. The minimum Gasteiger partial charge on any atom is -0.507 e. The van der Waals surface area contributed by atoms with E-state index in [1.165, 1.54) is 0 Å². The Labute approximate surface area is 171 Å². The number of imidazole rings is 1. The summed E-state index contributed by atoms with van der Waals surface area (Å²) in [6.45, 7) is 0. The summed E-state index contributed by atoms with van der Waals surface area (Å²) < 4.78 is 2.82. The average molecular weight is 435 g/mol. The average Bonchev–Trinajstić information content (AvgIpc) is 3.07. The Morgan fingerprint density at radius 3 is 2.61 bits per heavy atom. The molecule has 1 N–H and O–H groups in total. The van der Waals surface area contributed by atoms with Gasteiger partial charge in [-0.05, 0) is 42.5 Å². The van der Waals surface area contributed by atoms with E-state index in [4.69, 9.17) is 4.98 Å². The van der Waals surface area contributed by atoms with Crippen molar-refractivity contribution in [3.05, 3.63) is 76.9 Å². The molecule has 0 aliphatic heterocycles. The third kappa shape index (κ3) is 3.51. The van der Waals surface area contributed by atoms with E-state index in [9.17, 15) is 5.11 Å². The lowest BCUT2D eigenvalue weighted by atomic mass is 10.1. The molecule has 2 aromatic heterocycles. The highest BCUT2D eigenvalue weighted by Gasteiger charge is 2.13. The van der Waals surface area contributed by atoms with Gasteiger partial charge in [0, 0.05) is 47.8 Å². The quantitative estimate of drug-likeness (QED) is 0.444. The van der Waals surface area contributed by atoms with Crippen LogP contribution in [0.25, 0.3) is 16.9 Å². The Bertz CT molecular complexity index is 1160. The number of halogens is 1. The minimum absolute atomic E-state index is 0.178. The molecule has 4 rings (SSSR count). The van der Waals surface area contributed by atoms with Crippen LogP contribution in [0.5, 0.6) is 5.75 Å². The fourth-order valence-corrected chi connectivity index (χ4v) is 3.36. The van der Waals surface area contributed by atoms with E-state index in [0.29, 0.717) is 11.4 Å². The molecule has 0 spiro atoms. The van der Waals surface area contributed by atoms with Crippen LogP contribution in [0, 0.1) is 0 Å². The Morgan fingerprint density at radius 1 is 1.07 bits per heavy atom. The summed E-state index contributed by atoms with van der Waals surface area (Å²) >= 11 is 3.43. The lowest BCUT2D eigenvalue weighted by molar-refractivity contribution is 0.474. The van der Waals surface area contributed by atoms with Gasteiger partial charge in [0.15, 0.2) is 5.82 Å². The molecule has 0 amide bonds. The molecule has 0 radical (unpaired) electrons. The molecule has 140 valence electrons. The van der Waals surface area contributed by atoms with Gasteiger partial charge in [0.25, 0.3) is 0 Å². The van der Waals surface area contributed by atoms with Crippen LogP contribution in [0.3, 0.4) is 0 Å². The van der Waals surface area contributed by atoms with E-state index in [-0.39, 0.29) is 5.75 Å². The van der Waals surface area contributed by atoms with E-state index < -0.39 is 0 Å². The molecule has 2 aromatic carbocycles. The standard InChI is InChI=1S/C22H19BrN4O/c1-26(2)18-9-6-15(7-10-18)21-22(27-12-4-3-5-20(27)25-21)24-14-16-13-17(23)8-11-19(16)28/h3-14,28H,1-2H3. The highest BCUT2D eigenvalue weighted by molar-refractivity contribution is 9.10. The second-order valence-corrected chi connectivity index (χ2v) is 7.53. The Morgan fingerprint density at radius 2 is 1.86 bits per heavy atom. The molecule has 4 aromatic rings. The number of aromatic nitrogens is 2. The predicted octanol–water partition coefficient (Wildman–Crippen LogP) is 5.29. The summed E-state index contributed by atoms with van der Waals surface area (Å²) in [5.74, 6) is 0.894. The summed E-state index contributed by atoms with van der Waals surface area (Å²) in [7, 11) is 4.03. The lowest BCUT2D eigenvalue weighted by Crippen LogP contribution is -2.07. The van der Waals surface area contributed by atoms with Gasteiger partial charge in [-0.15, -0.1) is 0 Å². The minimum atomic E-state index is 0.178. The van der Waals surface area contributed by atoms with E-state index >= 15 is 0 Å². The number of phenols is 1. The molecule has 0 aliphatic carbocycles. The molecular weight excluding hydrogens is 416 g/mol. The van der Waals surface area contributed by atoms with Gasteiger partial charge < -0.3 is 10.0 Å². The van der Waals surface area contributed by atoms with Crippen molar-refractivity contribution < 1.29 is 5.11 Å². The number of hydrogen-bond acceptors (Lipinski definition) is 4. The molecule has 0 bridgehead atoms. The Kier molecular flexibility index (Phi) is 4.88. The molecule has 2 heterocycles. The maximum absolute atomic E-state index is 10.1. The molecule has 0 saturated heterocycles. The first-order valence-corrected chi connectivity index (χ1v) is 9.59. The maximum atomic E-state index is 10.1.